The van der Waals surface area contributed by atoms with E-state index >= 15 is 0 Å². The third-order valence-electron chi connectivity index (χ3n) is 2.34. The maximum absolute atomic E-state index is 8.61. The van der Waals surface area contributed by atoms with Gasteiger partial charge >= 0.3 is 0 Å². The molecule has 0 aliphatic carbocycles. The van der Waals surface area contributed by atoms with E-state index in [2.05, 4.69) is 5.16 Å². The lowest BCUT2D eigenvalue weighted by Crippen LogP contribution is -1.92. The summed E-state index contributed by atoms with van der Waals surface area (Å²) in [4.78, 5) is 0. The molecule has 0 saturated heterocycles. The average molecular weight is 201 g/mol. The van der Waals surface area contributed by atoms with Crippen molar-refractivity contribution < 1.29 is 9.94 Å². The Morgan fingerprint density at radius 2 is 2.00 bits per heavy atom. The van der Waals surface area contributed by atoms with Gasteiger partial charge in [-0.05, 0) is 16.8 Å². The van der Waals surface area contributed by atoms with Crippen LogP contribution in [0, 0.1) is 0 Å². The molecule has 0 amide bonds. The number of oxime groups is 1. The highest BCUT2D eigenvalue weighted by Gasteiger charge is 2.05. The molecule has 3 nitrogen and oxygen atoms in total. The first-order valence-corrected chi connectivity index (χ1v) is 4.60. The quantitative estimate of drug-likeness (QED) is 0.461. The molecule has 0 radical (unpaired) electrons. The van der Waals surface area contributed by atoms with E-state index < -0.39 is 0 Å². The number of benzene rings is 2. The van der Waals surface area contributed by atoms with Crippen LogP contribution < -0.4 is 4.74 Å². The van der Waals surface area contributed by atoms with Crippen molar-refractivity contribution in [3.8, 4) is 5.75 Å². The Hall–Kier alpha value is -2.03. The topological polar surface area (TPSA) is 41.8 Å². The maximum Gasteiger partial charge on any atom is 0.128 e. The lowest BCUT2D eigenvalue weighted by Gasteiger charge is -2.07. The molecule has 0 aliphatic rings. The summed E-state index contributed by atoms with van der Waals surface area (Å²) in [6, 6.07) is 11.7. The Balaban J connectivity index is 2.78. The number of nitrogens with zero attached hydrogens (tertiary/aromatic N) is 1. The van der Waals surface area contributed by atoms with Crippen molar-refractivity contribution in [1.82, 2.24) is 0 Å². The van der Waals surface area contributed by atoms with Crippen LogP contribution in [0.5, 0.6) is 5.75 Å². The second-order valence-corrected chi connectivity index (χ2v) is 3.15. The summed E-state index contributed by atoms with van der Waals surface area (Å²) < 4.78 is 5.20. The van der Waals surface area contributed by atoms with Crippen molar-refractivity contribution in [2.45, 2.75) is 0 Å². The van der Waals surface area contributed by atoms with Gasteiger partial charge in [0.15, 0.2) is 0 Å². The van der Waals surface area contributed by atoms with Gasteiger partial charge in [0.05, 0.1) is 13.3 Å². The van der Waals surface area contributed by atoms with E-state index in [-0.39, 0.29) is 0 Å². The first-order chi connectivity index (χ1) is 7.36. The highest BCUT2D eigenvalue weighted by atomic mass is 16.5. The van der Waals surface area contributed by atoms with Crippen molar-refractivity contribution >= 4 is 17.0 Å². The summed E-state index contributed by atoms with van der Waals surface area (Å²) in [5.74, 6) is 0.700. The van der Waals surface area contributed by atoms with E-state index in [1.807, 2.05) is 36.4 Å². The summed E-state index contributed by atoms with van der Waals surface area (Å²) in [7, 11) is 1.60. The molecule has 0 aliphatic heterocycles. The lowest BCUT2D eigenvalue weighted by atomic mass is 10.0. The zero-order valence-electron chi connectivity index (χ0n) is 8.34. The summed E-state index contributed by atoms with van der Waals surface area (Å²) in [5, 5.41) is 13.8. The Labute approximate surface area is 87.6 Å². The standard InChI is InChI=1S/C12H11NO2/c1-15-12-7-6-9-4-2-3-5-10(9)11(12)8-13-14/h2-8,14H,1H3/b13-8+. The smallest absolute Gasteiger partial charge is 0.128 e. The van der Waals surface area contributed by atoms with Crippen molar-refractivity contribution in [3.05, 3.63) is 42.0 Å². The number of hydrogen-bond acceptors (Lipinski definition) is 3. The van der Waals surface area contributed by atoms with Crippen molar-refractivity contribution in [2.24, 2.45) is 5.16 Å². The fourth-order valence-corrected chi connectivity index (χ4v) is 1.64. The molecule has 0 saturated carbocycles. The minimum atomic E-state index is 0.700. The van der Waals surface area contributed by atoms with E-state index in [1.54, 1.807) is 7.11 Å². The largest absolute Gasteiger partial charge is 0.496 e. The predicted octanol–water partition coefficient (Wildman–Crippen LogP) is 2.66. The Bertz CT molecular complexity index is 506. The minimum Gasteiger partial charge on any atom is -0.496 e. The van der Waals surface area contributed by atoms with Crippen molar-refractivity contribution in [2.75, 3.05) is 7.11 Å². The molecule has 0 unspecified atom stereocenters. The van der Waals surface area contributed by atoms with Gasteiger partial charge in [0, 0.05) is 5.56 Å². The van der Waals surface area contributed by atoms with Crippen LogP contribution in [0.3, 0.4) is 0 Å². The zero-order chi connectivity index (χ0) is 10.7. The van der Waals surface area contributed by atoms with Crippen LogP contribution in [0.2, 0.25) is 0 Å². The third-order valence-corrected chi connectivity index (χ3v) is 2.34. The van der Waals surface area contributed by atoms with E-state index in [0.717, 1.165) is 16.3 Å². The monoisotopic (exact) mass is 201 g/mol. The molecule has 2 aromatic rings. The van der Waals surface area contributed by atoms with Gasteiger partial charge in [-0.15, -0.1) is 0 Å². The lowest BCUT2D eigenvalue weighted by molar-refractivity contribution is 0.321. The molecule has 2 aromatic carbocycles. The second kappa shape index (κ2) is 4.00. The summed E-state index contributed by atoms with van der Waals surface area (Å²) in [6.45, 7) is 0. The number of hydrogen-bond donors (Lipinski definition) is 1. The molecule has 15 heavy (non-hydrogen) atoms. The molecular weight excluding hydrogens is 190 g/mol. The SMILES string of the molecule is COc1ccc2ccccc2c1/C=N/O. The summed E-state index contributed by atoms with van der Waals surface area (Å²) in [5.41, 5.74) is 0.790. The fraction of sp³-hybridized carbons (Fsp3) is 0.0833. The van der Waals surface area contributed by atoms with Gasteiger partial charge in [0.25, 0.3) is 0 Å². The third kappa shape index (κ3) is 1.64. The number of fused-ring (bicyclic) bond motifs is 1. The molecular formula is C12H11NO2. The van der Waals surface area contributed by atoms with Crippen LogP contribution in [-0.2, 0) is 0 Å². The van der Waals surface area contributed by atoms with Gasteiger partial charge in [0.2, 0.25) is 0 Å². The van der Waals surface area contributed by atoms with Crippen LogP contribution >= 0.6 is 0 Å². The Kier molecular flexibility index (Phi) is 2.54. The second-order valence-electron chi connectivity index (χ2n) is 3.15. The molecule has 1 N–H and O–H groups in total. The predicted molar refractivity (Wildman–Crippen MR) is 59.9 cm³/mol. The molecule has 0 bridgehead atoms. The van der Waals surface area contributed by atoms with Crippen LogP contribution in [-0.4, -0.2) is 18.5 Å². The van der Waals surface area contributed by atoms with Gasteiger partial charge in [-0.25, -0.2) is 0 Å². The van der Waals surface area contributed by atoms with Gasteiger partial charge < -0.3 is 9.94 Å². The molecule has 2 rings (SSSR count). The first-order valence-electron chi connectivity index (χ1n) is 4.60. The van der Waals surface area contributed by atoms with E-state index in [9.17, 15) is 0 Å². The molecule has 0 heterocycles. The number of methoxy groups -OCH3 is 1. The van der Waals surface area contributed by atoms with Gasteiger partial charge in [0.1, 0.15) is 5.75 Å². The van der Waals surface area contributed by atoms with Crippen LogP contribution in [0.15, 0.2) is 41.6 Å². The van der Waals surface area contributed by atoms with E-state index in [1.165, 1.54) is 6.21 Å². The molecule has 0 aromatic heterocycles. The molecule has 0 spiro atoms. The van der Waals surface area contributed by atoms with Crippen molar-refractivity contribution in [1.29, 1.82) is 0 Å². The molecule has 3 heteroatoms. The fourth-order valence-electron chi connectivity index (χ4n) is 1.64. The van der Waals surface area contributed by atoms with Gasteiger partial charge in [-0.3, -0.25) is 0 Å². The maximum atomic E-state index is 8.61. The van der Waals surface area contributed by atoms with Crippen molar-refractivity contribution in [3.63, 3.8) is 0 Å². The van der Waals surface area contributed by atoms with Gasteiger partial charge in [-0.2, -0.15) is 0 Å². The number of ether oxygens (including phenoxy) is 1. The zero-order valence-corrected chi connectivity index (χ0v) is 8.34. The van der Waals surface area contributed by atoms with E-state index in [4.69, 9.17) is 9.94 Å². The average Bonchev–Trinajstić information content (AvgIpc) is 2.30. The minimum absolute atomic E-state index is 0.700. The first kappa shape index (κ1) is 9.52. The molecule has 0 fully saturated rings. The summed E-state index contributed by atoms with van der Waals surface area (Å²) >= 11 is 0. The summed E-state index contributed by atoms with van der Waals surface area (Å²) in [6.07, 6.45) is 1.39. The van der Waals surface area contributed by atoms with E-state index in [0.29, 0.717) is 5.75 Å². The van der Waals surface area contributed by atoms with Crippen LogP contribution in [0.25, 0.3) is 10.8 Å². The molecule has 0 atom stereocenters. The molecule has 76 valence electrons. The van der Waals surface area contributed by atoms with Crippen LogP contribution in [0.1, 0.15) is 5.56 Å². The van der Waals surface area contributed by atoms with Gasteiger partial charge in [-0.1, -0.05) is 35.5 Å². The Morgan fingerprint density at radius 1 is 1.20 bits per heavy atom. The van der Waals surface area contributed by atoms with Crippen LogP contribution in [0.4, 0.5) is 0 Å². The Morgan fingerprint density at radius 3 is 2.73 bits per heavy atom. The highest BCUT2D eigenvalue weighted by Crippen LogP contribution is 2.26. The number of rotatable bonds is 2. The normalized spacial score (nSPS) is 11.0. The highest BCUT2D eigenvalue weighted by molar-refractivity contribution is 6.02.